The molecule has 0 atom stereocenters. The largest absolute Gasteiger partial charge is 0.396 e. The topological polar surface area (TPSA) is 45.5 Å². The van der Waals surface area contributed by atoms with Gasteiger partial charge in [0.1, 0.15) is 0 Å². The molecule has 0 bridgehead atoms. The van der Waals surface area contributed by atoms with Crippen LogP contribution in [0.25, 0.3) is 0 Å². The van der Waals surface area contributed by atoms with E-state index in [-0.39, 0.29) is 6.61 Å². The summed E-state index contributed by atoms with van der Waals surface area (Å²) in [5.41, 5.74) is 3.29. The average Bonchev–Trinajstić information content (AvgIpc) is 2.17. The quantitative estimate of drug-likeness (QED) is 0.770. The Kier molecular flexibility index (Phi) is 2.59. The number of rotatable bonds is 2. The first-order valence-corrected chi connectivity index (χ1v) is 4.93. The molecule has 0 fully saturated rings. The summed E-state index contributed by atoms with van der Waals surface area (Å²) in [6.07, 6.45) is 2.69. The van der Waals surface area contributed by atoms with Crippen LogP contribution in [-0.2, 0) is 12.8 Å². The first-order valence-electron chi connectivity index (χ1n) is 4.93. The Balaban J connectivity index is 2.34. The molecular weight excluding hydrogens is 176 g/mol. The van der Waals surface area contributed by atoms with Gasteiger partial charge in [0.15, 0.2) is 5.82 Å². The molecule has 1 aliphatic rings. The minimum atomic E-state index is 0.147. The molecule has 1 N–H and O–H groups in total. The molecule has 0 saturated heterocycles. The molecule has 0 aromatic carbocycles. The van der Waals surface area contributed by atoms with Gasteiger partial charge in [0.2, 0.25) is 0 Å². The van der Waals surface area contributed by atoms with Gasteiger partial charge in [0.05, 0.1) is 0 Å². The van der Waals surface area contributed by atoms with Gasteiger partial charge >= 0.3 is 0 Å². The van der Waals surface area contributed by atoms with E-state index in [2.05, 4.69) is 16.0 Å². The number of pyridine rings is 1. The fourth-order valence-corrected chi connectivity index (χ4v) is 1.61. The maximum absolute atomic E-state index is 8.80. The highest BCUT2D eigenvalue weighted by molar-refractivity contribution is 5.86. The van der Waals surface area contributed by atoms with Crippen LogP contribution in [0.15, 0.2) is 17.1 Å². The molecule has 3 heteroatoms. The van der Waals surface area contributed by atoms with Crippen molar-refractivity contribution in [3.63, 3.8) is 0 Å². The Bertz CT molecular complexity index is 372. The summed E-state index contributed by atoms with van der Waals surface area (Å²) in [5.74, 6) is 0.847. The average molecular weight is 190 g/mol. The second-order valence-corrected chi connectivity index (χ2v) is 3.61. The molecule has 0 saturated carbocycles. The Morgan fingerprint density at radius 1 is 1.36 bits per heavy atom. The van der Waals surface area contributed by atoms with Gasteiger partial charge in [-0.2, -0.15) is 0 Å². The van der Waals surface area contributed by atoms with Crippen LogP contribution in [0.3, 0.4) is 0 Å². The maximum atomic E-state index is 8.80. The first kappa shape index (κ1) is 9.34. The molecule has 0 aliphatic carbocycles. The summed E-state index contributed by atoms with van der Waals surface area (Å²) in [6.45, 7) is 2.18. The van der Waals surface area contributed by atoms with Gasteiger partial charge in [-0.1, -0.05) is 6.07 Å². The van der Waals surface area contributed by atoms with Crippen molar-refractivity contribution in [3.8, 4) is 0 Å². The number of aliphatic imine (C=N–C) groups is 1. The van der Waals surface area contributed by atoms with E-state index in [1.807, 2.05) is 13.0 Å². The number of nitrogens with zero attached hydrogens (tertiary/aromatic N) is 2. The van der Waals surface area contributed by atoms with Crippen LogP contribution >= 0.6 is 0 Å². The Labute approximate surface area is 83.5 Å². The lowest BCUT2D eigenvalue weighted by Crippen LogP contribution is -2.04. The minimum absolute atomic E-state index is 0.147. The fraction of sp³-hybridized carbons (Fsp3) is 0.455. The third-order valence-corrected chi connectivity index (χ3v) is 2.43. The number of aromatic nitrogens is 1. The lowest BCUT2D eigenvalue weighted by molar-refractivity contribution is 0.298. The van der Waals surface area contributed by atoms with Gasteiger partial charge in [-0.25, -0.2) is 9.98 Å². The third kappa shape index (κ3) is 1.82. The normalized spacial score (nSPS) is 14.9. The lowest BCUT2D eigenvalue weighted by Gasteiger charge is -2.12. The number of aryl methyl sites for hydroxylation is 1. The predicted octanol–water partition coefficient (Wildman–Crippen LogP) is 1.66. The van der Waals surface area contributed by atoms with Crippen molar-refractivity contribution in [2.45, 2.75) is 26.2 Å². The minimum Gasteiger partial charge on any atom is -0.396 e. The second-order valence-electron chi connectivity index (χ2n) is 3.61. The Morgan fingerprint density at radius 2 is 2.21 bits per heavy atom. The van der Waals surface area contributed by atoms with E-state index in [0.29, 0.717) is 6.42 Å². The summed E-state index contributed by atoms with van der Waals surface area (Å²) in [6, 6.07) is 4.05. The number of hydrogen-bond donors (Lipinski definition) is 1. The summed E-state index contributed by atoms with van der Waals surface area (Å²) in [4.78, 5) is 8.82. The van der Waals surface area contributed by atoms with Crippen LogP contribution in [0.4, 0.5) is 5.82 Å². The van der Waals surface area contributed by atoms with Gasteiger partial charge in [-0.15, -0.1) is 0 Å². The van der Waals surface area contributed by atoms with Gasteiger partial charge in [0.25, 0.3) is 0 Å². The van der Waals surface area contributed by atoms with Crippen molar-refractivity contribution in [2.24, 2.45) is 4.99 Å². The van der Waals surface area contributed by atoms with Crippen LogP contribution in [0, 0.1) is 0 Å². The van der Waals surface area contributed by atoms with Crippen molar-refractivity contribution in [3.05, 3.63) is 23.4 Å². The number of aliphatic hydroxyl groups is 1. The molecule has 0 spiro atoms. The molecule has 0 amide bonds. The van der Waals surface area contributed by atoms with E-state index in [9.17, 15) is 0 Å². The van der Waals surface area contributed by atoms with Crippen molar-refractivity contribution >= 4 is 11.5 Å². The number of fused-ring (bicyclic) bond motifs is 1. The molecule has 14 heavy (non-hydrogen) atoms. The number of aliphatic hydroxyl groups excluding tert-OH is 1. The molecule has 1 aliphatic heterocycles. The van der Waals surface area contributed by atoms with E-state index in [0.717, 1.165) is 30.1 Å². The summed E-state index contributed by atoms with van der Waals surface area (Å²) < 4.78 is 0. The summed E-state index contributed by atoms with van der Waals surface area (Å²) in [5, 5.41) is 8.80. The number of hydrogen-bond acceptors (Lipinski definition) is 3. The SMILES string of the molecule is CC1=Nc2nc(CCO)ccc2CC1. The van der Waals surface area contributed by atoms with E-state index in [1.165, 1.54) is 5.56 Å². The van der Waals surface area contributed by atoms with Gasteiger partial charge in [-0.3, -0.25) is 0 Å². The lowest BCUT2D eigenvalue weighted by atomic mass is 10.0. The highest BCUT2D eigenvalue weighted by Gasteiger charge is 2.10. The van der Waals surface area contributed by atoms with E-state index < -0.39 is 0 Å². The molecule has 3 nitrogen and oxygen atoms in total. The third-order valence-electron chi connectivity index (χ3n) is 2.43. The first-order chi connectivity index (χ1) is 6.79. The predicted molar refractivity (Wildman–Crippen MR) is 56.1 cm³/mol. The highest BCUT2D eigenvalue weighted by atomic mass is 16.3. The van der Waals surface area contributed by atoms with Crippen molar-refractivity contribution in [1.82, 2.24) is 4.98 Å². The van der Waals surface area contributed by atoms with Crippen molar-refractivity contribution in [1.29, 1.82) is 0 Å². The van der Waals surface area contributed by atoms with Crippen molar-refractivity contribution < 1.29 is 5.11 Å². The van der Waals surface area contributed by atoms with Crippen LogP contribution in [0.2, 0.25) is 0 Å². The van der Waals surface area contributed by atoms with Gasteiger partial charge < -0.3 is 5.11 Å². The second kappa shape index (κ2) is 3.88. The monoisotopic (exact) mass is 190 g/mol. The molecule has 2 heterocycles. The smallest absolute Gasteiger partial charge is 0.155 e. The van der Waals surface area contributed by atoms with Crippen LogP contribution in [0.1, 0.15) is 24.6 Å². The molecule has 74 valence electrons. The standard InChI is InChI=1S/C11H14N2O/c1-8-2-3-9-4-5-10(6-7-14)13-11(9)12-8/h4-5,14H,2-3,6-7H2,1H3. The fourth-order valence-electron chi connectivity index (χ4n) is 1.61. The van der Waals surface area contributed by atoms with E-state index in [1.54, 1.807) is 0 Å². The summed E-state index contributed by atoms with van der Waals surface area (Å²) >= 11 is 0. The van der Waals surface area contributed by atoms with E-state index in [4.69, 9.17) is 5.11 Å². The Hall–Kier alpha value is -1.22. The Morgan fingerprint density at radius 3 is 3.00 bits per heavy atom. The van der Waals surface area contributed by atoms with Crippen LogP contribution in [0.5, 0.6) is 0 Å². The van der Waals surface area contributed by atoms with E-state index >= 15 is 0 Å². The molecular formula is C11H14N2O. The van der Waals surface area contributed by atoms with Crippen LogP contribution in [-0.4, -0.2) is 22.4 Å². The van der Waals surface area contributed by atoms with Gasteiger partial charge in [0, 0.05) is 24.4 Å². The van der Waals surface area contributed by atoms with Crippen LogP contribution < -0.4 is 0 Å². The maximum Gasteiger partial charge on any atom is 0.155 e. The molecule has 0 radical (unpaired) electrons. The zero-order valence-electron chi connectivity index (χ0n) is 8.32. The highest BCUT2D eigenvalue weighted by Crippen LogP contribution is 2.23. The zero-order chi connectivity index (χ0) is 9.97. The molecule has 2 rings (SSSR count). The van der Waals surface area contributed by atoms with Crippen molar-refractivity contribution in [2.75, 3.05) is 6.61 Å². The summed E-state index contributed by atoms with van der Waals surface area (Å²) in [7, 11) is 0. The molecule has 1 aromatic heterocycles. The zero-order valence-corrected chi connectivity index (χ0v) is 8.32. The molecule has 0 unspecified atom stereocenters. The van der Waals surface area contributed by atoms with Gasteiger partial charge in [-0.05, 0) is 31.4 Å². The molecule has 1 aromatic rings.